The molecular weight excluding hydrogens is 312 g/mol. The first-order chi connectivity index (χ1) is 11.6. The molecule has 1 aromatic carbocycles. The van der Waals surface area contributed by atoms with Crippen molar-refractivity contribution in [1.29, 1.82) is 0 Å². The number of amides is 2. The van der Waals surface area contributed by atoms with Gasteiger partial charge in [-0.05, 0) is 12.0 Å². The Labute approximate surface area is 139 Å². The first-order valence-corrected chi connectivity index (χ1v) is 7.79. The van der Waals surface area contributed by atoms with E-state index < -0.39 is 5.60 Å². The van der Waals surface area contributed by atoms with E-state index in [1.165, 1.54) is 4.90 Å². The fraction of sp³-hybridized carbons (Fsp3) is 0.438. The van der Waals surface area contributed by atoms with E-state index in [0.29, 0.717) is 31.1 Å². The Hall–Kier alpha value is -2.45. The second-order valence-electron chi connectivity index (χ2n) is 5.98. The van der Waals surface area contributed by atoms with Crippen molar-refractivity contribution in [2.75, 3.05) is 19.7 Å². The number of urea groups is 1. The van der Waals surface area contributed by atoms with Crippen molar-refractivity contribution in [1.82, 2.24) is 20.4 Å². The average molecular weight is 332 g/mol. The molecule has 24 heavy (non-hydrogen) atoms. The lowest BCUT2D eigenvalue weighted by molar-refractivity contribution is -0.00281. The van der Waals surface area contributed by atoms with Gasteiger partial charge >= 0.3 is 6.03 Å². The smallest absolute Gasteiger partial charge is 0.317 e. The summed E-state index contributed by atoms with van der Waals surface area (Å²) in [6, 6.07) is 9.46. The first kappa shape index (κ1) is 16.4. The number of aromatic nitrogens is 2. The third-order valence-electron chi connectivity index (χ3n) is 4.02. The Balaban J connectivity index is 1.50. The molecule has 8 nitrogen and oxygen atoms in total. The standard InChI is InChI=1S/C16H20N4O4/c21-11-16(23)6-7-20(10-16)15(22)17-9-14-18-13(19-24-14)8-12-4-2-1-3-5-12/h1-5,21,23H,6-11H2,(H,17,22). The Morgan fingerprint density at radius 2 is 2.17 bits per heavy atom. The van der Waals surface area contributed by atoms with Crippen LogP contribution in [0.4, 0.5) is 4.79 Å². The van der Waals surface area contributed by atoms with Crippen LogP contribution in [0.5, 0.6) is 0 Å². The highest BCUT2D eigenvalue weighted by Gasteiger charge is 2.37. The number of hydrogen-bond acceptors (Lipinski definition) is 6. The van der Waals surface area contributed by atoms with Crippen LogP contribution in [0.3, 0.4) is 0 Å². The highest BCUT2D eigenvalue weighted by Crippen LogP contribution is 2.20. The van der Waals surface area contributed by atoms with Gasteiger partial charge in [0.25, 0.3) is 0 Å². The molecule has 1 fully saturated rings. The van der Waals surface area contributed by atoms with Crippen LogP contribution >= 0.6 is 0 Å². The maximum Gasteiger partial charge on any atom is 0.317 e. The van der Waals surface area contributed by atoms with Gasteiger partial charge in [-0.2, -0.15) is 4.98 Å². The van der Waals surface area contributed by atoms with Crippen molar-refractivity contribution in [2.45, 2.75) is 25.0 Å². The molecule has 0 aliphatic carbocycles. The number of β-amino-alcohol motifs (C(OH)–C–C–N with tert-alkyl or cyclic N) is 1. The number of benzene rings is 1. The predicted octanol–water partition coefficient (Wildman–Crippen LogP) is 0.299. The van der Waals surface area contributed by atoms with Crippen molar-refractivity contribution in [3.05, 3.63) is 47.6 Å². The molecule has 3 rings (SSSR count). The second kappa shape index (κ2) is 6.98. The van der Waals surface area contributed by atoms with Crippen molar-refractivity contribution >= 4 is 6.03 Å². The van der Waals surface area contributed by atoms with Crippen LogP contribution in [0.2, 0.25) is 0 Å². The van der Waals surface area contributed by atoms with Crippen molar-refractivity contribution in [3.8, 4) is 0 Å². The SMILES string of the molecule is O=C(NCc1nc(Cc2ccccc2)no1)N1CCC(O)(CO)C1. The van der Waals surface area contributed by atoms with Crippen LogP contribution in [-0.2, 0) is 13.0 Å². The molecule has 2 aromatic rings. The molecule has 0 bridgehead atoms. The van der Waals surface area contributed by atoms with Crippen LogP contribution in [0.25, 0.3) is 0 Å². The molecule has 3 N–H and O–H groups in total. The zero-order valence-electron chi connectivity index (χ0n) is 13.2. The van der Waals surface area contributed by atoms with Gasteiger partial charge in [0.05, 0.1) is 19.7 Å². The third-order valence-corrected chi connectivity index (χ3v) is 4.02. The molecule has 1 aromatic heterocycles. The van der Waals surface area contributed by atoms with Crippen LogP contribution in [-0.4, -0.2) is 56.6 Å². The molecule has 0 saturated carbocycles. The molecule has 1 unspecified atom stereocenters. The number of carbonyl (C=O) groups excluding carboxylic acids is 1. The summed E-state index contributed by atoms with van der Waals surface area (Å²) in [5, 5.41) is 25.6. The molecule has 0 spiro atoms. The number of carbonyl (C=O) groups is 1. The van der Waals surface area contributed by atoms with E-state index in [2.05, 4.69) is 15.5 Å². The monoisotopic (exact) mass is 332 g/mol. The van der Waals surface area contributed by atoms with Gasteiger partial charge in [0.1, 0.15) is 5.60 Å². The summed E-state index contributed by atoms with van der Waals surface area (Å²) >= 11 is 0. The topological polar surface area (TPSA) is 112 Å². The number of rotatable bonds is 5. The molecule has 0 radical (unpaired) electrons. The molecule has 2 heterocycles. The molecule has 1 saturated heterocycles. The van der Waals surface area contributed by atoms with E-state index >= 15 is 0 Å². The maximum atomic E-state index is 12.1. The summed E-state index contributed by atoms with van der Waals surface area (Å²) in [7, 11) is 0. The van der Waals surface area contributed by atoms with Gasteiger partial charge < -0.3 is 25.0 Å². The van der Waals surface area contributed by atoms with Gasteiger partial charge in [0.15, 0.2) is 5.82 Å². The van der Waals surface area contributed by atoms with Crippen molar-refractivity contribution in [3.63, 3.8) is 0 Å². The summed E-state index contributed by atoms with van der Waals surface area (Å²) in [5.41, 5.74) is -0.126. The molecule has 2 amide bonds. The Morgan fingerprint density at radius 1 is 1.38 bits per heavy atom. The summed E-state index contributed by atoms with van der Waals surface area (Å²) in [6.07, 6.45) is 0.923. The van der Waals surface area contributed by atoms with E-state index in [1.807, 2.05) is 30.3 Å². The fourth-order valence-corrected chi connectivity index (χ4v) is 2.63. The number of aliphatic hydroxyl groups excluding tert-OH is 1. The lowest BCUT2D eigenvalue weighted by atomic mass is 10.1. The van der Waals surface area contributed by atoms with Crippen LogP contribution in [0.1, 0.15) is 23.7 Å². The van der Waals surface area contributed by atoms with Crippen LogP contribution < -0.4 is 5.32 Å². The maximum absolute atomic E-state index is 12.1. The molecule has 128 valence electrons. The van der Waals surface area contributed by atoms with Gasteiger partial charge in [-0.3, -0.25) is 0 Å². The third kappa shape index (κ3) is 3.90. The average Bonchev–Trinajstić information content (AvgIpc) is 3.21. The number of nitrogens with zero attached hydrogens (tertiary/aromatic N) is 3. The van der Waals surface area contributed by atoms with E-state index in [9.17, 15) is 9.90 Å². The Kier molecular flexibility index (Phi) is 4.77. The molecular formula is C16H20N4O4. The summed E-state index contributed by atoms with van der Waals surface area (Å²) in [5.74, 6) is 0.882. The number of aliphatic hydroxyl groups is 2. The quantitative estimate of drug-likeness (QED) is 0.726. The van der Waals surface area contributed by atoms with Crippen LogP contribution in [0.15, 0.2) is 34.9 Å². The lowest BCUT2D eigenvalue weighted by Crippen LogP contribution is -2.42. The Bertz CT molecular complexity index is 690. The molecule has 8 heteroatoms. The molecule has 1 aliphatic heterocycles. The van der Waals surface area contributed by atoms with E-state index in [0.717, 1.165) is 5.56 Å². The lowest BCUT2D eigenvalue weighted by Gasteiger charge is -2.20. The van der Waals surface area contributed by atoms with Crippen LogP contribution in [0, 0.1) is 0 Å². The van der Waals surface area contributed by atoms with Gasteiger partial charge in [-0.1, -0.05) is 35.5 Å². The van der Waals surface area contributed by atoms with Crippen molar-refractivity contribution < 1.29 is 19.5 Å². The summed E-state index contributed by atoms with van der Waals surface area (Å²) in [4.78, 5) is 17.8. The minimum Gasteiger partial charge on any atom is -0.393 e. The van der Waals surface area contributed by atoms with E-state index in [4.69, 9.17) is 9.63 Å². The Morgan fingerprint density at radius 3 is 2.88 bits per heavy atom. The summed E-state index contributed by atoms with van der Waals surface area (Å²) in [6.45, 7) is 0.266. The van der Waals surface area contributed by atoms with Gasteiger partial charge in [-0.15, -0.1) is 0 Å². The molecule has 1 atom stereocenters. The highest BCUT2D eigenvalue weighted by atomic mass is 16.5. The zero-order chi connectivity index (χ0) is 17.0. The molecule has 1 aliphatic rings. The van der Waals surface area contributed by atoms with E-state index in [-0.39, 0.29) is 25.7 Å². The number of likely N-dealkylation sites (tertiary alicyclic amines) is 1. The predicted molar refractivity (Wildman–Crippen MR) is 84.0 cm³/mol. The minimum atomic E-state index is -1.20. The zero-order valence-corrected chi connectivity index (χ0v) is 13.2. The summed E-state index contributed by atoms with van der Waals surface area (Å²) < 4.78 is 5.13. The minimum absolute atomic E-state index is 0.110. The van der Waals surface area contributed by atoms with Gasteiger partial charge in [-0.25, -0.2) is 4.79 Å². The number of nitrogens with one attached hydrogen (secondary N) is 1. The van der Waals surface area contributed by atoms with Crippen molar-refractivity contribution in [2.24, 2.45) is 0 Å². The van der Waals surface area contributed by atoms with E-state index in [1.54, 1.807) is 0 Å². The fourth-order valence-electron chi connectivity index (χ4n) is 2.63. The highest BCUT2D eigenvalue weighted by molar-refractivity contribution is 5.74. The van der Waals surface area contributed by atoms with Gasteiger partial charge in [0.2, 0.25) is 5.89 Å². The normalized spacial score (nSPS) is 20.3. The second-order valence-corrected chi connectivity index (χ2v) is 5.98. The number of hydrogen-bond donors (Lipinski definition) is 3. The largest absolute Gasteiger partial charge is 0.393 e. The van der Waals surface area contributed by atoms with Gasteiger partial charge in [0, 0.05) is 13.0 Å². The first-order valence-electron chi connectivity index (χ1n) is 7.79.